The third-order valence-corrected chi connectivity index (χ3v) is 5.82. The molecule has 0 radical (unpaired) electrons. The Morgan fingerprint density at radius 1 is 1.23 bits per heavy atom. The largest absolute Gasteiger partial charge is 0.416 e. The van der Waals surface area contributed by atoms with Crippen LogP contribution in [0.3, 0.4) is 0 Å². The van der Waals surface area contributed by atoms with Crippen molar-refractivity contribution >= 4 is 15.9 Å². The topological polar surface area (TPSA) is 99.1 Å². The van der Waals surface area contributed by atoms with Gasteiger partial charge >= 0.3 is 6.18 Å². The SMILES string of the molecule is CC(=O)NC1(C#N)CCC(NS(=O)(=O)c2ccc(C(F)(F)F)cc2)CC1. The van der Waals surface area contributed by atoms with Gasteiger partial charge in [0.25, 0.3) is 0 Å². The van der Waals surface area contributed by atoms with Gasteiger partial charge in [-0.3, -0.25) is 4.79 Å². The zero-order chi connectivity index (χ0) is 19.6. The Morgan fingerprint density at radius 2 is 1.77 bits per heavy atom. The van der Waals surface area contributed by atoms with E-state index in [1.54, 1.807) is 0 Å². The molecule has 10 heteroatoms. The Bertz CT molecular complexity index is 806. The van der Waals surface area contributed by atoms with Crippen molar-refractivity contribution in [2.24, 2.45) is 0 Å². The van der Waals surface area contributed by atoms with Crippen LogP contribution in [-0.4, -0.2) is 25.9 Å². The molecule has 1 aromatic rings. The van der Waals surface area contributed by atoms with Crippen molar-refractivity contribution in [3.05, 3.63) is 29.8 Å². The minimum absolute atomic E-state index is 0.260. The first-order chi connectivity index (χ1) is 12.0. The molecule has 2 N–H and O–H groups in total. The summed E-state index contributed by atoms with van der Waals surface area (Å²) in [5, 5.41) is 11.9. The molecule has 142 valence electrons. The van der Waals surface area contributed by atoms with Crippen LogP contribution in [0.25, 0.3) is 0 Å². The summed E-state index contributed by atoms with van der Waals surface area (Å²) in [4.78, 5) is 11.0. The third-order valence-electron chi connectivity index (χ3n) is 4.28. The molecular weight excluding hydrogens is 371 g/mol. The molecule has 1 aromatic carbocycles. The summed E-state index contributed by atoms with van der Waals surface area (Å²) in [6.45, 7) is 1.30. The van der Waals surface area contributed by atoms with Crippen LogP contribution in [0.2, 0.25) is 0 Å². The second-order valence-electron chi connectivity index (χ2n) is 6.29. The second-order valence-corrected chi connectivity index (χ2v) is 8.01. The molecule has 0 heterocycles. The Hall–Kier alpha value is -2.12. The first-order valence-electron chi connectivity index (χ1n) is 7.87. The van der Waals surface area contributed by atoms with Crippen molar-refractivity contribution in [3.8, 4) is 6.07 Å². The molecule has 2 rings (SSSR count). The Labute approximate surface area is 149 Å². The van der Waals surface area contributed by atoms with E-state index >= 15 is 0 Å². The zero-order valence-electron chi connectivity index (χ0n) is 13.9. The van der Waals surface area contributed by atoms with E-state index in [0.29, 0.717) is 25.0 Å². The van der Waals surface area contributed by atoms with Crippen molar-refractivity contribution in [1.29, 1.82) is 5.26 Å². The van der Waals surface area contributed by atoms with E-state index in [1.807, 2.05) is 0 Å². The molecule has 0 saturated heterocycles. The van der Waals surface area contributed by atoms with Crippen molar-refractivity contribution < 1.29 is 26.4 Å². The maximum atomic E-state index is 12.6. The standard InChI is InChI=1S/C16H18F3N3O3S/c1-11(23)21-15(10-20)8-6-13(7-9-15)22-26(24,25)14-4-2-12(3-5-14)16(17,18)19/h2-5,13,22H,6-9H2,1H3,(H,21,23). The van der Waals surface area contributed by atoms with E-state index in [4.69, 9.17) is 0 Å². The van der Waals surface area contributed by atoms with E-state index in [0.717, 1.165) is 12.1 Å². The highest BCUT2D eigenvalue weighted by atomic mass is 32.2. The van der Waals surface area contributed by atoms with E-state index in [1.165, 1.54) is 6.92 Å². The number of nitrogens with one attached hydrogen (secondary N) is 2. The number of carbonyl (C=O) groups excluding carboxylic acids is 1. The number of amides is 1. The third kappa shape index (κ3) is 4.74. The molecule has 6 nitrogen and oxygen atoms in total. The molecule has 0 bridgehead atoms. The highest BCUT2D eigenvalue weighted by molar-refractivity contribution is 7.89. The van der Waals surface area contributed by atoms with E-state index in [-0.39, 0.29) is 23.6 Å². The van der Waals surface area contributed by atoms with Crippen LogP contribution in [0, 0.1) is 11.3 Å². The van der Waals surface area contributed by atoms with Gasteiger partial charge in [0.1, 0.15) is 5.54 Å². The van der Waals surface area contributed by atoms with Crippen molar-refractivity contribution in [2.45, 2.75) is 55.3 Å². The van der Waals surface area contributed by atoms with Gasteiger partial charge in [-0.15, -0.1) is 0 Å². The summed E-state index contributed by atoms with van der Waals surface area (Å²) in [7, 11) is -3.98. The lowest BCUT2D eigenvalue weighted by Gasteiger charge is -2.35. The first kappa shape index (κ1) is 20.2. The Morgan fingerprint density at radius 3 is 2.19 bits per heavy atom. The lowest BCUT2D eigenvalue weighted by molar-refractivity contribution is -0.137. The molecule has 1 aliphatic carbocycles. The van der Waals surface area contributed by atoms with Crippen LogP contribution in [0.4, 0.5) is 13.2 Å². The normalized spacial score (nSPS) is 23.9. The average Bonchev–Trinajstić information content (AvgIpc) is 2.55. The van der Waals surface area contributed by atoms with Crippen LogP contribution in [-0.2, 0) is 21.0 Å². The fraction of sp³-hybridized carbons (Fsp3) is 0.500. The maximum absolute atomic E-state index is 12.6. The summed E-state index contributed by atoms with van der Waals surface area (Å²) in [6, 6.07) is 4.85. The number of hydrogen-bond acceptors (Lipinski definition) is 4. The van der Waals surface area contributed by atoms with Gasteiger partial charge < -0.3 is 5.32 Å². The summed E-state index contributed by atoms with van der Waals surface area (Å²) in [5.41, 5.74) is -1.94. The summed E-state index contributed by atoms with van der Waals surface area (Å²) >= 11 is 0. The van der Waals surface area contributed by atoms with Crippen LogP contribution < -0.4 is 10.0 Å². The van der Waals surface area contributed by atoms with Gasteiger partial charge in [-0.25, -0.2) is 13.1 Å². The molecule has 1 saturated carbocycles. The molecule has 26 heavy (non-hydrogen) atoms. The summed E-state index contributed by atoms with van der Waals surface area (Å²) < 4.78 is 64.8. The fourth-order valence-corrected chi connectivity index (χ4v) is 4.25. The number of halogens is 3. The van der Waals surface area contributed by atoms with E-state index in [2.05, 4.69) is 16.1 Å². The molecule has 0 aromatic heterocycles. The summed E-state index contributed by atoms with van der Waals surface area (Å²) in [5.74, 6) is -0.338. The van der Waals surface area contributed by atoms with Gasteiger partial charge in [-0.2, -0.15) is 18.4 Å². The van der Waals surface area contributed by atoms with Crippen molar-refractivity contribution in [1.82, 2.24) is 10.0 Å². The highest BCUT2D eigenvalue weighted by Gasteiger charge is 2.37. The van der Waals surface area contributed by atoms with Crippen molar-refractivity contribution in [3.63, 3.8) is 0 Å². The van der Waals surface area contributed by atoms with Crippen LogP contribution >= 0.6 is 0 Å². The Kier molecular flexibility index (Phi) is 5.63. The molecule has 1 aliphatic rings. The number of rotatable bonds is 4. The van der Waals surface area contributed by atoms with Gasteiger partial charge in [0.2, 0.25) is 15.9 Å². The number of carbonyl (C=O) groups is 1. The molecular formula is C16H18F3N3O3S. The van der Waals surface area contributed by atoms with E-state index in [9.17, 15) is 31.6 Å². The van der Waals surface area contributed by atoms with Crippen LogP contribution in [0.5, 0.6) is 0 Å². The zero-order valence-corrected chi connectivity index (χ0v) is 14.7. The predicted molar refractivity (Wildman–Crippen MR) is 86.2 cm³/mol. The molecule has 1 amide bonds. The van der Waals surface area contributed by atoms with Gasteiger partial charge in [0, 0.05) is 13.0 Å². The quantitative estimate of drug-likeness (QED) is 0.826. The van der Waals surface area contributed by atoms with Gasteiger partial charge in [0.15, 0.2) is 0 Å². The molecule has 1 fully saturated rings. The van der Waals surface area contributed by atoms with Crippen molar-refractivity contribution in [2.75, 3.05) is 0 Å². The lowest BCUT2D eigenvalue weighted by atomic mass is 9.80. The van der Waals surface area contributed by atoms with Crippen LogP contribution in [0.15, 0.2) is 29.2 Å². The average molecular weight is 389 g/mol. The number of nitrogens with zero attached hydrogens (tertiary/aromatic N) is 1. The maximum Gasteiger partial charge on any atom is 0.416 e. The lowest BCUT2D eigenvalue weighted by Crippen LogP contribution is -2.52. The first-order valence-corrected chi connectivity index (χ1v) is 9.35. The fourth-order valence-electron chi connectivity index (χ4n) is 2.94. The van der Waals surface area contributed by atoms with Gasteiger partial charge in [-0.1, -0.05) is 0 Å². The minimum atomic E-state index is -4.54. The number of alkyl halides is 3. The number of nitriles is 1. The molecule has 0 spiro atoms. The molecule has 0 aliphatic heterocycles. The second kappa shape index (κ2) is 7.25. The summed E-state index contributed by atoms with van der Waals surface area (Å²) in [6.07, 6.45) is -3.32. The monoisotopic (exact) mass is 389 g/mol. The number of benzene rings is 1. The highest BCUT2D eigenvalue weighted by Crippen LogP contribution is 2.31. The number of hydrogen-bond donors (Lipinski definition) is 2. The molecule has 0 unspecified atom stereocenters. The van der Waals surface area contributed by atoms with E-state index < -0.39 is 33.3 Å². The molecule has 0 atom stereocenters. The minimum Gasteiger partial charge on any atom is -0.338 e. The van der Waals surface area contributed by atoms with Gasteiger partial charge in [0.05, 0.1) is 16.5 Å². The number of sulfonamides is 1. The van der Waals surface area contributed by atoms with Gasteiger partial charge in [-0.05, 0) is 49.9 Å². The predicted octanol–water partition coefficient (Wildman–Crippen LogP) is 2.32. The smallest absolute Gasteiger partial charge is 0.338 e. The Balaban J connectivity index is 2.05. The van der Waals surface area contributed by atoms with Crippen LogP contribution in [0.1, 0.15) is 38.2 Å².